The van der Waals surface area contributed by atoms with Crippen LogP contribution in [0.3, 0.4) is 0 Å². The fraction of sp³-hybridized carbons (Fsp3) is 0.969. The van der Waals surface area contributed by atoms with Crippen molar-refractivity contribution in [2.24, 2.45) is 58.0 Å². The highest BCUT2D eigenvalue weighted by atomic mass is 16.7. The highest BCUT2D eigenvalue weighted by Gasteiger charge is 2.68. The smallest absolute Gasteiger partial charge is 0.217 e. The fourth-order valence-corrected chi connectivity index (χ4v) is 10.5. The zero-order chi connectivity index (χ0) is 29.1. The minimum absolute atomic E-state index is 0.0221. The number of hydrogen-bond acceptors (Lipinski definition) is 7. The largest absolute Gasteiger partial charge is 0.370 e. The van der Waals surface area contributed by atoms with Crippen LogP contribution >= 0.6 is 0 Å². The van der Waals surface area contributed by atoms with Gasteiger partial charge in [-0.15, -0.1) is 0 Å². The second-order valence-electron chi connectivity index (χ2n) is 13.8. The molecule has 0 bridgehead atoms. The van der Waals surface area contributed by atoms with Gasteiger partial charge in [-0.05, 0) is 91.8 Å². The summed E-state index contributed by atoms with van der Waals surface area (Å²) in [5, 5.41) is 0. The number of ether oxygens (including phenoxy) is 6. The lowest BCUT2D eigenvalue weighted by atomic mass is 9.40. The molecule has 8 heteroatoms. The van der Waals surface area contributed by atoms with E-state index in [0.29, 0.717) is 68.2 Å². The van der Waals surface area contributed by atoms with Crippen molar-refractivity contribution < 1.29 is 33.2 Å². The number of carbonyl (C=O) groups excluding carboxylic acids is 1. The molecule has 0 radical (unpaired) electrons. The molecule has 40 heavy (non-hydrogen) atoms. The molecule has 0 aromatic rings. The molecule has 0 aromatic carbocycles. The summed E-state index contributed by atoms with van der Waals surface area (Å²) in [5.74, 6) is 3.02. The SMILES string of the molecule is CC[C@H]1[C@@H](OCOC)[C@@H]2[C@H](C[C@H](OCOC)[C@]3(C)[C@@H]([C@H](C)CCC(N)=O)CC[C@@H]23)[C@@]2(C)CC[C@@H](OCOC)C[C@@H]12. The molecule has 4 aliphatic rings. The molecule has 4 saturated carbocycles. The van der Waals surface area contributed by atoms with Gasteiger partial charge in [-0.1, -0.05) is 34.1 Å². The Morgan fingerprint density at radius 1 is 0.900 bits per heavy atom. The number of carbonyl (C=O) groups is 1. The maximum absolute atomic E-state index is 11.7. The Kier molecular flexibility index (Phi) is 11.0. The Hall–Kier alpha value is -0.770. The summed E-state index contributed by atoms with van der Waals surface area (Å²) in [5.41, 5.74) is 5.74. The van der Waals surface area contributed by atoms with Gasteiger partial charge >= 0.3 is 0 Å². The van der Waals surface area contributed by atoms with E-state index in [1.807, 2.05) is 0 Å². The lowest BCUT2D eigenvalue weighted by Gasteiger charge is -2.66. The van der Waals surface area contributed by atoms with Crippen LogP contribution in [0.5, 0.6) is 0 Å². The van der Waals surface area contributed by atoms with Gasteiger partial charge in [0.05, 0.1) is 18.3 Å². The molecule has 0 aliphatic heterocycles. The Balaban J connectivity index is 1.73. The summed E-state index contributed by atoms with van der Waals surface area (Å²) >= 11 is 0. The van der Waals surface area contributed by atoms with Crippen LogP contribution < -0.4 is 5.73 Å². The van der Waals surface area contributed by atoms with Gasteiger partial charge in [0.25, 0.3) is 0 Å². The number of fused-ring (bicyclic) bond motifs is 5. The maximum atomic E-state index is 11.7. The molecular weight excluding hydrogens is 510 g/mol. The van der Waals surface area contributed by atoms with Crippen LogP contribution in [0.1, 0.15) is 85.5 Å². The first-order valence-electron chi connectivity index (χ1n) is 15.8. The third kappa shape index (κ3) is 5.87. The van der Waals surface area contributed by atoms with Crippen LogP contribution in [-0.2, 0) is 33.2 Å². The van der Waals surface area contributed by atoms with Gasteiger partial charge in [0.1, 0.15) is 20.4 Å². The van der Waals surface area contributed by atoms with E-state index in [0.717, 1.165) is 44.9 Å². The van der Waals surface area contributed by atoms with Gasteiger partial charge < -0.3 is 34.2 Å². The van der Waals surface area contributed by atoms with Gasteiger partial charge in [0.2, 0.25) is 5.91 Å². The van der Waals surface area contributed by atoms with E-state index in [1.165, 1.54) is 6.42 Å². The highest BCUT2D eigenvalue weighted by molar-refractivity contribution is 5.73. The molecule has 0 spiro atoms. The summed E-state index contributed by atoms with van der Waals surface area (Å²) < 4.78 is 35.8. The van der Waals surface area contributed by atoms with E-state index in [9.17, 15) is 4.79 Å². The topological polar surface area (TPSA) is 98.5 Å². The van der Waals surface area contributed by atoms with Crippen LogP contribution in [0.15, 0.2) is 0 Å². The lowest BCUT2D eigenvalue weighted by Crippen LogP contribution is -2.66. The molecule has 0 unspecified atom stereocenters. The van der Waals surface area contributed by atoms with Crippen molar-refractivity contribution in [3.63, 3.8) is 0 Å². The average molecular weight is 568 g/mol. The Morgan fingerprint density at radius 3 is 2.23 bits per heavy atom. The maximum Gasteiger partial charge on any atom is 0.217 e. The fourth-order valence-electron chi connectivity index (χ4n) is 10.5. The van der Waals surface area contributed by atoms with Crippen molar-refractivity contribution in [3.8, 4) is 0 Å². The summed E-state index contributed by atoms with van der Waals surface area (Å²) in [6.07, 6.45) is 9.42. The first-order chi connectivity index (χ1) is 19.2. The second kappa shape index (κ2) is 13.7. The van der Waals surface area contributed by atoms with Crippen LogP contribution in [-0.4, -0.2) is 65.9 Å². The molecule has 12 atom stereocenters. The molecule has 0 heterocycles. The number of rotatable bonds is 14. The predicted octanol–water partition coefficient (Wildman–Crippen LogP) is 5.37. The summed E-state index contributed by atoms with van der Waals surface area (Å²) in [7, 11) is 5.14. The minimum atomic E-state index is -0.211. The molecular formula is C32H57NO7. The van der Waals surface area contributed by atoms with E-state index >= 15 is 0 Å². The number of hydrogen-bond donors (Lipinski definition) is 1. The molecule has 0 aromatic heterocycles. The Morgan fingerprint density at radius 2 is 1.57 bits per heavy atom. The Labute approximate surface area is 242 Å². The van der Waals surface area contributed by atoms with Gasteiger partial charge in [0, 0.05) is 33.2 Å². The van der Waals surface area contributed by atoms with Crippen molar-refractivity contribution in [1.82, 2.24) is 0 Å². The van der Waals surface area contributed by atoms with Crippen LogP contribution in [0.25, 0.3) is 0 Å². The van der Waals surface area contributed by atoms with Gasteiger partial charge in [-0.2, -0.15) is 0 Å². The molecule has 4 aliphatic carbocycles. The van der Waals surface area contributed by atoms with Crippen molar-refractivity contribution in [2.45, 2.75) is 104 Å². The number of primary amides is 1. The van der Waals surface area contributed by atoms with E-state index in [-0.39, 0.29) is 35.0 Å². The first kappa shape index (κ1) is 32.2. The second-order valence-corrected chi connectivity index (χ2v) is 13.8. The summed E-state index contributed by atoms with van der Waals surface area (Å²) in [4.78, 5) is 11.7. The number of amides is 1. The van der Waals surface area contributed by atoms with Crippen molar-refractivity contribution in [1.29, 1.82) is 0 Å². The van der Waals surface area contributed by atoms with Gasteiger partial charge in [-0.3, -0.25) is 4.79 Å². The first-order valence-corrected chi connectivity index (χ1v) is 15.8. The zero-order valence-electron chi connectivity index (χ0n) is 26.2. The van der Waals surface area contributed by atoms with Crippen molar-refractivity contribution >= 4 is 5.91 Å². The normalized spacial score (nSPS) is 43.5. The van der Waals surface area contributed by atoms with Gasteiger partial charge in [-0.25, -0.2) is 0 Å². The molecule has 1 amide bonds. The quantitative estimate of drug-likeness (QED) is 0.282. The third-order valence-corrected chi connectivity index (χ3v) is 12.2. The van der Waals surface area contributed by atoms with E-state index in [1.54, 1.807) is 21.3 Å². The van der Waals surface area contributed by atoms with E-state index in [2.05, 4.69) is 27.7 Å². The van der Waals surface area contributed by atoms with Gasteiger partial charge in [0.15, 0.2) is 0 Å². The van der Waals surface area contributed by atoms with E-state index in [4.69, 9.17) is 34.2 Å². The molecule has 232 valence electrons. The molecule has 4 rings (SSSR count). The molecule has 4 fully saturated rings. The number of nitrogens with two attached hydrogens (primary N) is 1. The Bertz CT molecular complexity index is 827. The van der Waals surface area contributed by atoms with Crippen molar-refractivity contribution in [2.75, 3.05) is 41.7 Å². The van der Waals surface area contributed by atoms with E-state index < -0.39 is 0 Å². The minimum Gasteiger partial charge on any atom is -0.370 e. The van der Waals surface area contributed by atoms with Crippen LogP contribution in [0, 0.1) is 52.3 Å². The molecule has 2 N–H and O–H groups in total. The lowest BCUT2D eigenvalue weighted by molar-refractivity contribution is -0.267. The number of methoxy groups -OCH3 is 3. The van der Waals surface area contributed by atoms with Crippen LogP contribution in [0.2, 0.25) is 0 Å². The monoisotopic (exact) mass is 567 g/mol. The zero-order valence-corrected chi connectivity index (χ0v) is 26.2. The standard InChI is InChI=1S/C32H57NO7/c1-8-22-25-15-21(38-17-35-5)13-14-31(25,3)26-16-27(39-18-36-6)32(4)23(20(2)9-12-28(33)34)10-11-24(32)29(26)30(22)40-19-37-7/h20-27,29-30H,8-19H2,1-7H3,(H2,33,34)/t20-,21-,22-,23-,24+,25+,26+,27+,29+,30-,31+,32-/m1/s1. The van der Waals surface area contributed by atoms with Crippen LogP contribution in [0.4, 0.5) is 0 Å². The highest BCUT2D eigenvalue weighted by Crippen LogP contribution is 2.70. The van der Waals surface area contributed by atoms with Crippen molar-refractivity contribution in [3.05, 3.63) is 0 Å². The third-order valence-electron chi connectivity index (χ3n) is 12.2. The average Bonchev–Trinajstić information content (AvgIpc) is 3.30. The summed E-state index contributed by atoms with van der Waals surface area (Å²) in [6.45, 7) is 10.7. The predicted molar refractivity (Wildman–Crippen MR) is 153 cm³/mol. The summed E-state index contributed by atoms with van der Waals surface area (Å²) in [6, 6.07) is 0. The molecule has 8 nitrogen and oxygen atoms in total. The molecule has 0 saturated heterocycles.